The van der Waals surface area contributed by atoms with Gasteiger partial charge in [-0.25, -0.2) is 4.68 Å². The van der Waals surface area contributed by atoms with Crippen LogP contribution in [0.4, 0.5) is 0 Å². The highest BCUT2D eigenvalue weighted by atomic mass is 16.3. The maximum absolute atomic E-state index is 12.3. The Morgan fingerprint density at radius 2 is 1.96 bits per heavy atom. The fraction of sp³-hybridized carbons (Fsp3) is 0.0556. The first kappa shape index (κ1) is 14.9. The maximum Gasteiger partial charge on any atom is 0.268 e. The molecule has 124 valence electrons. The number of hydrogen-bond donors (Lipinski definition) is 3. The Morgan fingerprint density at radius 1 is 1.16 bits per heavy atom. The predicted molar refractivity (Wildman–Crippen MR) is 92.5 cm³/mol. The summed E-state index contributed by atoms with van der Waals surface area (Å²) in [4.78, 5) is 15.4. The molecule has 0 aliphatic heterocycles. The van der Waals surface area contributed by atoms with Crippen molar-refractivity contribution in [2.75, 3.05) is 0 Å². The number of nitrogens with zero attached hydrogens (tertiary/aromatic N) is 3. The van der Waals surface area contributed by atoms with Crippen LogP contribution in [0.1, 0.15) is 16.2 Å². The van der Waals surface area contributed by atoms with Gasteiger partial charge in [0.05, 0.1) is 18.4 Å². The molecule has 4 rings (SSSR count). The van der Waals surface area contributed by atoms with Gasteiger partial charge in [-0.3, -0.25) is 4.79 Å². The molecule has 0 aliphatic carbocycles. The fourth-order valence-corrected chi connectivity index (χ4v) is 2.57. The molecule has 3 N–H and O–H groups in total. The number of H-pyrrole nitrogens is 1. The number of fused-ring (bicyclic) bond motifs is 1. The maximum atomic E-state index is 12.3. The molecule has 2 aromatic carbocycles. The Balaban J connectivity index is 1.44. The number of phenols is 1. The SMILES string of the molecule is O=C(NCc1cn(-c2ccc(O)cc2)nn1)c1cc2ccccc2[nH]1. The van der Waals surface area contributed by atoms with Crippen LogP contribution in [0.25, 0.3) is 16.6 Å². The Morgan fingerprint density at radius 3 is 2.76 bits per heavy atom. The van der Waals surface area contributed by atoms with E-state index in [2.05, 4.69) is 20.6 Å². The van der Waals surface area contributed by atoms with E-state index in [-0.39, 0.29) is 18.2 Å². The Kier molecular flexibility index (Phi) is 3.66. The molecule has 0 aliphatic rings. The molecule has 4 aromatic rings. The van der Waals surface area contributed by atoms with Crippen molar-refractivity contribution in [1.82, 2.24) is 25.3 Å². The third kappa shape index (κ3) is 3.07. The van der Waals surface area contributed by atoms with E-state index >= 15 is 0 Å². The van der Waals surface area contributed by atoms with E-state index in [0.29, 0.717) is 11.4 Å². The van der Waals surface area contributed by atoms with Crippen molar-refractivity contribution in [1.29, 1.82) is 0 Å². The van der Waals surface area contributed by atoms with Crippen LogP contribution in [0.3, 0.4) is 0 Å². The Labute approximate surface area is 142 Å². The molecular formula is C18H15N5O2. The highest BCUT2D eigenvalue weighted by Gasteiger charge is 2.10. The van der Waals surface area contributed by atoms with E-state index in [1.165, 1.54) is 0 Å². The molecule has 0 radical (unpaired) electrons. The van der Waals surface area contributed by atoms with Gasteiger partial charge in [-0.2, -0.15) is 0 Å². The van der Waals surface area contributed by atoms with Crippen molar-refractivity contribution in [3.8, 4) is 11.4 Å². The normalized spacial score (nSPS) is 10.9. The van der Waals surface area contributed by atoms with Gasteiger partial charge in [0, 0.05) is 10.9 Å². The summed E-state index contributed by atoms with van der Waals surface area (Å²) in [5.74, 6) is -0.00919. The van der Waals surface area contributed by atoms with Gasteiger partial charge in [-0.1, -0.05) is 23.4 Å². The van der Waals surface area contributed by atoms with Crippen LogP contribution < -0.4 is 5.32 Å². The lowest BCUT2D eigenvalue weighted by Crippen LogP contribution is -2.23. The minimum absolute atomic E-state index is 0.190. The summed E-state index contributed by atoms with van der Waals surface area (Å²) in [5, 5.41) is 21.2. The molecule has 0 atom stereocenters. The average molecular weight is 333 g/mol. The molecule has 2 aromatic heterocycles. The largest absolute Gasteiger partial charge is 0.508 e. The second-order valence-electron chi connectivity index (χ2n) is 5.62. The molecule has 1 amide bonds. The fourth-order valence-electron chi connectivity index (χ4n) is 2.57. The summed E-state index contributed by atoms with van der Waals surface area (Å²) in [5.41, 5.74) is 2.84. The number of phenolic OH excluding ortho intramolecular Hbond substituents is 1. The zero-order valence-corrected chi connectivity index (χ0v) is 13.2. The van der Waals surface area contributed by atoms with E-state index in [1.54, 1.807) is 35.1 Å². The quantitative estimate of drug-likeness (QED) is 0.534. The van der Waals surface area contributed by atoms with Gasteiger partial charge in [0.25, 0.3) is 5.91 Å². The van der Waals surface area contributed by atoms with Crippen LogP contribution in [0, 0.1) is 0 Å². The zero-order valence-electron chi connectivity index (χ0n) is 13.2. The van der Waals surface area contributed by atoms with Crippen molar-refractivity contribution in [3.63, 3.8) is 0 Å². The molecule has 0 spiro atoms. The molecule has 0 bridgehead atoms. The molecule has 7 heteroatoms. The lowest BCUT2D eigenvalue weighted by molar-refractivity contribution is 0.0946. The summed E-state index contributed by atoms with van der Waals surface area (Å²) in [7, 11) is 0. The number of nitrogens with one attached hydrogen (secondary N) is 2. The monoisotopic (exact) mass is 333 g/mol. The van der Waals surface area contributed by atoms with Gasteiger partial charge < -0.3 is 15.4 Å². The molecule has 0 fully saturated rings. The predicted octanol–water partition coefficient (Wildman–Crippen LogP) is 2.38. The van der Waals surface area contributed by atoms with Crippen LogP contribution in [0.2, 0.25) is 0 Å². The van der Waals surface area contributed by atoms with Crippen LogP contribution in [-0.4, -0.2) is 31.0 Å². The minimum atomic E-state index is -0.199. The number of aromatic hydroxyl groups is 1. The molecule has 25 heavy (non-hydrogen) atoms. The molecule has 2 heterocycles. The number of carbonyl (C=O) groups excluding carboxylic acids is 1. The Bertz CT molecular complexity index is 1000. The third-order valence-corrected chi connectivity index (χ3v) is 3.86. The van der Waals surface area contributed by atoms with Gasteiger partial charge in [-0.15, -0.1) is 5.10 Å². The number of rotatable bonds is 4. The second kappa shape index (κ2) is 6.12. The van der Waals surface area contributed by atoms with Gasteiger partial charge in [0.2, 0.25) is 0 Å². The number of aromatic amines is 1. The van der Waals surface area contributed by atoms with E-state index in [1.807, 2.05) is 30.3 Å². The van der Waals surface area contributed by atoms with Gasteiger partial charge >= 0.3 is 0 Å². The molecule has 0 saturated heterocycles. The summed E-state index contributed by atoms with van der Waals surface area (Å²) in [6.45, 7) is 0.270. The minimum Gasteiger partial charge on any atom is -0.508 e. The van der Waals surface area contributed by atoms with E-state index < -0.39 is 0 Å². The van der Waals surface area contributed by atoms with E-state index in [0.717, 1.165) is 16.6 Å². The van der Waals surface area contributed by atoms with Crippen LogP contribution in [0.15, 0.2) is 60.8 Å². The van der Waals surface area contributed by atoms with Crippen LogP contribution >= 0.6 is 0 Å². The van der Waals surface area contributed by atoms with Gasteiger partial charge in [-0.05, 0) is 36.4 Å². The van der Waals surface area contributed by atoms with E-state index in [4.69, 9.17) is 0 Å². The van der Waals surface area contributed by atoms with Crippen molar-refractivity contribution >= 4 is 16.8 Å². The summed E-state index contributed by atoms with van der Waals surface area (Å²) in [6.07, 6.45) is 1.73. The van der Waals surface area contributed by atoms with Crippen LogP contribution in [0.5, 0.6) is 5.75 Å². The summed E-state index contributed by atoms with van der Waals surface area (Å²) >= 11 is 0. The lowest BCUT2D eigenvalue weighted by Gasteiger charge is -2.01. The first-order chi connectivity index (χ1) is 12.2. The zero-order chi connectivity index (χ0) is 17.2. The van der Waals surface area contributed by atoms with Crippen LogP contribution in [-0.2, 0) is 6.54 Å². The number of carbonyl (C=O) groups is 1. The second-order valence-corrected chi connectivity index (χ2v) is 5.62. The molecular weight excluding hydrogens is 318 g/mol. The van der Waals surface area contributed by atoms with Crippen molar-refractivity contribution in [2.45, 2.75) is 6.54 Å². The topological polar surface area (TPSA) is 95.8 Å². The number of para-hydroxylation sites is 1. The van der Waals surface area contributed by atoms with Crippen molar-refractivity contribution < 1.29 is 9.90 Å². The summed E-state index contributed by atoms with van der Waals surface area (Å²) < 4.78 is 1.59. The van der Waals surface area contributed by atoms with Gasteiger partial charge in [0.1, 0.15) is 17.1 Å². The average Bonchev–Trinajstić information content (AvgIpc) is 3.27. The third-order valence-electron chi connectivity index (χ3n) is 3.86. The highest BCUT2D eigenvalue weighted by molar-refractivity contribution is 5.97. The number of aromatic nitrogens is 4. The highest BCUT2D eigenvalue weighted by Crippen LogP contribution is 2.15. The molecule has 0 unspecified atom stereocenters. The first-order valence-electron chi connectivity index (χ1n) is 7.75. The molecule has 0 saturated carbocycles. The standard InChI is InChI=1S/C18H15N5O2/c24-15-7-5-14(6-8-15)23-11-13(21-22-23)10-19-18(25)17-9-12-3-1-2-4-16(12)20-17/h1-9,11,20,24H,10H2,(H,19,25). The smallest absolute Gasteiger partial charge is 0.268 e. The molecule has 7 nitrogen and oxygen atoms in total. The number of hydrogen-bond acceptors (Lipinski definition) is 4. The van der Waals surface area contributed by atoms with Crippen molar-refractivity contribution in [2.24, 2.45) is 0 Å². The van der Waals surface area contributed by atoms with Gasteiger partial charge in [0.15, 0.2) is 0 Å². The van der Waals surface area contributed by atoms with E-state index in [9.17, 15) is 9.90 Å². The number of benzene rings is 2. The Hall–Kier alpha value is -3.61. The lowest BCUT2D eigenvalue weighted by atomic mass is 10.2. The summed E-state index contributed by atoms with van der Waals surface area (Å²) in [6, 6.07) is 16.2. The first-order valence-corrected chi connectivity index (χ1v) is 7.75. The number of amides is 1. The van der Waals surface area contributed by atoms with Crippen molar-refractivity contribution in [3.05, 3.63) is 72.2 Å².